The third kappa shape index (κ3) is 2.22. The van der Waals surface area contributed by atoms with Crippen LogP contribution in [0.25, 0.3) is 11.0 Å². The summed E-state index contributed by atoms with van der Waals surface area (Å²) in [5.41, 5.74) is 7.21. The molecule has 0 saturated carbocycles. The number of aromatic amines is 1. The van der Waals surface area contributed by atoms with Crippen LogP contribution in [-0.4, -0.2) is 16.5 Å². The first-order valence-corrected chi connectivity index (χ1v) is 5.57. The number of H-pyrrole nitrogens is 1. The monoisotopic (exact) mass is 221 g/mol. The summed E-state index contributed by atoms with van der Waals surface area (Å²) in [6.45, 7) is 2.77. The Morgan fingerprint density at radius 1 is 1.50 bits per heavy atom. The van der Waals surface area contributed by atoms with Crippen molar-refractivity contribution in [1.82, 2.24) is 9.97 Å². The van der Waals surface area contributed by atoms with E-state index in [9.17, 15) is 4.39 Å². The number of nitrogens with two attached hydrogens (primary N) is 1. The van der Waals surface area contributed by atoms with Crippen LogP contribution in [0.15, 0.2) is 18.2 Å². The minimum Gasteiger partial charge on any atom is -0.342 e. The lowest BCUT2D eigenvalue weighted by Gasteiger charge is -2.08. The standard InChI is InChI=1S/C12H16FN3/c1-2-8(7-14)5-12-15-10-4-3-9(13)6-11(10)16-12/h3-4,6,8H,2,5,7,14H2,1H3,(H,15,16). The second-order valence-electron chi connectivity index (χ2n) is 4.06. The molecule has 0 spiro atoms. The van der Waals surface area contributed by atoms with Crippen LogP contribution in [0.5, 0.6) is 0 Å². The fourth-order valence-corrected chi connectivity index (χ4v) is 1.80. The van der Waals surface area contributed by atoms with Crippen molar-refractivity contribution in [3.63, 3.8) is 0 Å². The summed E-state index contributed by atoms with van der Waals surface area (Å²) in [4.78, 5) is 7.54. The highest BCUT2D eigenvalue weighted by Gasteiger charge is 2.09. The number of nitrogens with one attached hydrogen (secondary N) is 1. The number of fused-ring (bicyclic) bond motifs is 1. The summed E-state index contributed by atoms with van der Waals surface area (Å²) >= 11 is 0. The number of hydrogen-bond donors (Lipinski definition) is 2. The molecule has 0 aliphatic heterocycles. The lowest BCUT2D eigenvalue weighted by Crippen LogP contribution is -2.16. The quantitative estimate of drug-likeness (QED) is 0.831. The third-order valence-electron chi connectivity index (χ3n) is 2.89. The highest BCUT2D eigenvalue weighted by atomic mass is 19.1. The van der Waals surface area contributed by atoms with Gasteiger partial charge in [-0.3, -0.25) is 0 Å². The number of hydrogen-bond acceptors (Lipinski definition) is 2. The molecule has 1 atom stereocenters. The summed E-state index contributed by atoms with van der Waals surface area (Å²) in [6, 6.07) is 4.58. The SMILES string of the molecule is CCC(CN)Cc1nc2ccc(F)cc2[nH]1. The zero-order valence-electron chi connectivity index (χ0n) is 9.33. The molecule has 86 valence electrons. The molecule has 0 radical (unpaired) electrons. The van der Waals surface area contributed by atoms with E-state index in [0.29, 0.717) is 12.5 Å². The number of benzene rings is 1. The van der Waals surface area contributed by atoms with Gasteiger partial charge in [-0.1, -0.05) is 13.3 Å². The first kappa shape index (κ1) is 11.1. The van der Waals surface area contributed by atoms with Crippen LogP contribution >= 0.6 is 0 Å². The lowest BCUT2D eigenvalue weighted by atomic mass is 10.0. The minimum absolute atomic E-state index is 0.242. The Bertz CT molecular complexity index is 474. The summed E-state index contributed by atoms with van der Waals surface area (Å²) in [7, 11) is 0. The Hall–Kier alpha value is -1.42. The van der Waals surface area contributed by atoms with Crippen molar-refractivity contribution in [2.24, 2.45) is 11.7 Å². The summed E-state index contributed by atoms with van der Waals surface area (Å²) in [6.07, 6.45) is 1.85. The molecule has 3 nitrogen and oxygen atoms in total. The van der Waals surface area contributed by atoms with Gasteiger partial charge in [-0.2, -0.15) is 0 Å². The smallest absolute Gasteiger partial charge is 0.125 e. The largest absolute Gasteiger partial charge is 0.342 e. The van der Waals surface area contributed by atoms with Crippen LogP contribution in [-0.2, 0) is 6.42 Å². The molecule has 0 amide bonds. The molecule has 1 unspecified atom stereocenters. The Morgan fingerprint density at radius 2 is 2.31 bits per heavy atom. The molecule has 1 aromatic heterocycles. The maximum Gasteiger partial charge on any atom is 0.125 e. The Morgan fingerprint density at radius 3 is 3.00 bits per heavy atom. The fraction of sp³-hybridized carbons (Fsp3) is 0.417. The number of imidazole rings is 1. The number of aromatic nitrogens is 2. The molecular weight excluding hydrogens is 205 g/mol. The van der Waals surface area contributed by atoms with E-state index in [1.807, 2.05) is 0 Å². The van der Waals surface area contributed by atoms with Crippen LogP contribution in [0.3, 0.4) is 0 Å². The normalized spacial score (nSPS) is 13.2. The second-order valence-corrected chi connectivity index (χ2v) is 4.06. The molecule has 16 heavy (non-hydrogen) atoms. The van der Waals surface area contributed by atoms with Gasteiger partial charge in [-0.25, -0.2) is 9.37 Å². The molecule has 4 heteroatoms. The van der Waals surface area contributed by atoms with E-state index in [-0.39, 0.29) is 5.82 Å². The molecule has 1 aromatic carbocycles. The van der Waals surface area contributed by atoms with Crippen molar-refractivity contribution >= 4 is 11.0 Å². The summed E-state index contributed by atoms with van der Waals surface area (Å²) in [5.74, 6) is 1.08. The van der Waals surface area contributed by atoms with Gasteiger partial charge < -0.3 is 10.7 Å². The van der Waals surface area contributed by atoms with Gasteiger partial charge in [-0.05, 0) is 30.7 Å². The predicted molar refractivity (Wildman–Crippen MR) is 62.6 cm³/mol. The van der Waals surface area contributed by atoms with Crippen LogP contribution in [0.1, 0.15) is 19.2 Å². The van der Waals surface area contributed by atoms with Crippen molar-refractivity contribution in [1.29, 1.82) is 0 Å². The third-order valence-corrected chi connectivity index (χ3v) is 2.89. The van der Waals surface area contributed by atoms with E-state index in [0.717, 1.165) is 29.7 Å². The van der Waals surface area contributed by atoms with E-state index in [1.165, 1.54) is 12.1 Å². The number of rotatable bonds is 4. The van der Waals surface area contributed by atoms with E-state index in [2.05, 4.69) is 16.9 Å². The second kappa shape index (κ2) is 4.61. The minimum atomic E-state index is -0.242. The van der Waals surface area contributed by atoms with Crippen molar-refractivity contribution in [3.05, 3.63) is 29.8 Å². The number of halogens is 1. The van der Waals surface area contributed by atoms with Gasteiger partial charge in [-0.15, -0.1) is 0 Å². The molecule has 0 aliphatic carbocycles. The Labute approximate surface area is 93.9 Å². The van der Waals surface area contributed by atoms with Crippen molar-refractivity contribution in [2.45, 2.75) is 19.8 Å². The van der Waals surface area contributed by atoms with Gasteiger partial charge >= 0.3 is 0 Å². The van der Waals surface area contributed by atoms with Crippen molar-refractivity contribution in [2.75, 3.05) is 6.54 Å². The summed E-state index contributed by atoms with van der Waals surface area (Å²) in [5, 5.41) is 0. The molecule has 0 aliphatic rings. The maximum absolute atomic E-state index is 13.0. The van der Waals surface area contributed by atoms with E-state index in [4.69, 9.17) is 5.73 Å². The van der Waals surface area contributed by atoms with Gasteiger partial charge in [0.25, 0.3) is 0 Å². The van der Waals surface area contributed by atoms with Gasteiger partial charge in [0.1, 0.15) is 11.6 Å². The molecule has 1 heterocycles. The van der Waals surface area contributed by atoms with Gasteiger partial charge in [0.05, 0.1) is 11.0 Å². The maximum atomic E-state index is 13.0. The van der Waals surface area contributed by atoms with E-state index in [1.54, 1.807) is 6.07 Å². The van der Waals surface area contributed by atoms with Crippen LogP contribution in [0.2, 0.25) is 0 Å². The summed E-state index contributed by atoms with van der Waals surface area (Å²) < 4.78 is 13.0. The molecular formula is C12H16FN3. The molecule has 0 saturated heterocycles. The highest BCUT2D eigenvalue weighted by Crippen LogP contribution is 2.15. The molecule has 2 aromatic rings. The van der Waals surface area contributed by atoms with Crippen LogP contribution in [0.4, 0.5) is 4.39 Å². The van der Waals surface area contributed by atoms with Crippen molar-refractivity contribution in [3.8, 4) is 0 Å². The van der Waals surface area contributed by atoms with E-state index < -0.39 is 0 Å². The molecule has 0 fully saturated rings. The number of nitrogens with zero attached hydrogens (tertiary/aromatic N) is 1. The molecule has 0 bridgehead atoms. The predicted octanol–water partition coefficient (Wildman–Crippen LogP) is 2.23. The zero-order chi connectivity index (χ0) is 11.5. The highest BCUT2D eigenvalue weighted by molar-refractivity contribution is 5.74. The van der Waals surface area contributed by atoms with Crippen molar-refractivity contribution < 1.29 is 4.39 Å². The van der Waals surface area contributed by atoms with Crippen LogP contribution < -0.4 is 5.73 Å². The molecule has 3 N–H and O–H groups in total. The Kier molecular flexibility index (Phi) is 3.19. The Balaban J connectivity index is 2.25. The average molecular weight is 221 g/mol. The lowest BCUT2D eigenvalue weighted by molar-refractivity contribution is 0.508. The molecule has 2 rings (SSSR count). The first-order chi connectivity index (χ1) is 7.72. The first-order valence-electron chi connectivity index (χ1n) is 5.57. The van der Waals surface area contributed by atoms with Gasteiger partial charge in [0.2, 0.25) is 0 Å². The van der Waals surface area contributed by atoms with Gasteiger partial charge in [0, 0.05) is 6.42 Å². The average Bonchev–Trinajstić information content (AvgIpc) is 2.67. The fourth-order valence-electron chi connectivity index (χ4n) is 1.80. The van der Waals surface area contributed by atoms with Gasteiger partial charge in [0.15, 0.2) is 0 Å². The van der Waals surface area contributed by atoms with E-state index >= 15 is 0 Å². The van der Waals surface area contributed by atoms with Crippen LogP contribution in [0, 0.1) is 11.7 Å². The topological polar surface area (TPSA) is 54.7 Å². The zero-order valence-corrected chi connectivity index (χ0v) is 9.33.